The molecule has 1 aliphatic heterocycles. The first-order valence-corrected chi connectivity index (χ1v) is 6.72. The summed E-state index contributed by atoms with van der Waals surface area (Å²) in [4.78, 5) is 11.5. The summed E-state index contributed by atoms with van der Waals surface area (Å²) in [5, 5.41) is 18.0. The van der Waals surface area contributed by atoms with Gasteiger partial charge < -0.3 is 14.9 Å². The third-order valence-electron chi connectivity index (χ3n) is 3.18. The first kappa shape index (κ1) is 14.9. The molecule has 2 aromatic rings. The lowest BCUT2D eigenvalue weighted by atomic mass is 9.99. The maximum absolute atomic E-state index is 11.5. The second-order valence-electron chi connectivity index (χ2n) is 4.99. The van der Waals surface area contributed by atoms with E-state index in [1.165, 1.54) is 11.6 Å². The summed E-state index contributed by atoms with van der Waals surface area (Å²) in [6.45, 7) is 4.19. The van der Waals surface area contributed by atoms with Crippen molar-refractivity contribution >= 4 is 5.78 Å². The standard InChI is InChI=1S/C10H10O3.C7H8O/c1-6-4-7(11)5-9-10(6)8(12)2-3-13-9;1-6-2-4-7(8)5-3-6/h4-5,11H,2-3H2,1H3;2-5,8H,1H3. The van der Waals surface area contributed by atoms with Crippen LogP contribution in [0, 0.1) is 13.8 Å². The van der Waals surface area contributed by atoms with Gasteiger partial charge in [-0.2, -0.15) is 0 Å². The maximum Gasteiger partial charge on any atom is 0.170 e. The Morgan fingerprint density at radius 1 is 1.00 bits per heavy atom. The van der Waals surface area contributed by atoms with Crippen molar-refractivity contribution in [1.29, 1.82) is 0 Å². The van der Waals surface area contributed by atoms with Crippen LogP contribution in [-0.2, 0) is 0 Å². The van der Waals surface area contributed by atoms with Gasteiger partial charge in [0.25, 0.3) is 0 Å². The van der Waals surface area contributed by atoms with Crippen molar-refractivity contribution < 1.29 is 19.7 Å². The van der Waals surface area contributed by atoms with Gasteiger partial charge in [-0.05, 0) is 37.6 Å². The van der Waals surface area contributed by atoms with Crippen molar-refractivity contribution in [1.82, 2.24) is 0 Å². The largest absolute Gasteiger partial charge is 0.508 e. The molecule has 0 spiro atoms. The summed E-state index contributed by atoms with van der Waals surface area (Å²) in [6, 6.07) is 10.2. The van der Waals surface area contributed by atoms with Gasteiger partial charge in [0.05, 0.1) is 12.2 Å². The van der Waals surface area contributed by atoms with Crippen LogP contribution in [0.5, 0.6) is 17.2 Å². The molecule has 0 unspecified atom stereocenters. The van der Waals surface area contributed by atoms with Crippen LogP contribution in [0.15, 0.2) is 36.4 Å². The zero-order valence-electron chi connectivity index (χ0n) is 12.1. The van der Waals surface area contributed by atoms with E-state index in [4.69, 9.17) is 9.84 Å². The number of benzene rings is 2. The van der Waals surface area contributed by atoms with Crippen molar-refractivity contribution in [2.75, 3.05) is 6.61 Å². The minimum absolute atomic E-state index is 0.0961. The zero-order chi connectivity index (χ0) is 15.4. The molecule has 0 aromatic heterocycles. The Balaban J connectivity index is 0.000000173. The van der Waals surface area contributed by atoms with Crippen LogP contribution in [0.3, 0.4) is 0 Å². The SMILES string of the molecule is Cc1cc(O)cc2c1C(=O)CCO2.Cc1ccc(O)cc1. The number of aromatic hydroxyl groups is 2. The van der Waals surface area contributed by atoms with Crippen molar-refractivity contribution in [2.45, 2.75) is 20.3 Å². The van der Waals surface area contributed by atoms with E-state index in [0.717, 1.165) is 5.56 Å². The fourth-order valence-corrected chi connectivity index (χ4v) is 2.13. The van der Waals surface area contributed by atoms with Crippen LogP contribution in [0.1, 0.15) is 27.9 Å². The second-order valence-corrected chi connectivity index (χ2v) is 4.99. The summed E-state index contributed by atoms with van der Waals surface area (Å²) in [6.07, 6.45) is 0.429. The predicted octanol–water partition coefficient (Wildman–Crippen LogP) is 3.37. The number of phenols is 2. The molecule has 2 N–H and O–H groups in total. The van der Waals surface area contributed by atoms with Crippen LogP contribution in [0.2, 0.25) is 0 Å². The molecule has 0 atom stereocenters. The highest BCUT2D eigenvalue weighted by Gasteiger charge is 2.21. The third-order valence-corrected chi connectivity index (χ3v) is 3.18. The van der Waals surface area contributed by atoms with Gasteiger partial charge in [-0.3, -0.25) is 4.79 Å². The number of aryl methyl sites for hydroxylation is 2. The van der Waals surface area contributed by atoms with Gasteiger partial charge in [-0.1, -0.05) is 17.7 Å². The van der Waals surface area contributed by atoms with Gasteiger partial charge in [-0.15, -0.1) is 0 Å². The van der Waals surface area contributed by atoms with Crippen molar-refractivity contribution in [3.63, 3.8) is 0 Å². The summed E-state index contributed by atoms with van der Waals surface area (Å²) >= 11 is 0. The first-order chi connectivity index (χ1) is 9.97. The molecule has 21 heavy (non-hydrogen) atoms. The molecule has 4 heteroatoms. The molecule has 2 aromatic carbocycles. The average molecular weight is 286 g/mol. The smallest absolute Gasteiger partial charge is 0.170 e. The summed E-state index contributed by atoms with van der Waals surface area (Å²) < 4.78 is 5.27. The molecule has 0 radical (unpaired) electrons. The number of ketones is 1. The molecule has 4 nitrogen and oxygen atoms in total. The van der Waals surface area contributed by atoms with Crippen LogP contribution in [0.25, 0.3) is 0 Å². The quantitative estimate of drug-likeness (QED) is 0.779. The van der Waals surface area contributed by atoms with E-state index in [-0.39, 0.29) is 11.5 Å². The zero-order valence-corrected chi connectivity index (χ0v) is 12.1. The van der Waals surface area contributed by atoms with Crippen LogP contribution >= 0.6 is 0 Å². The topological polar surface area (TPSA) is 66.8 Å². The number of hydrogen-bond acceptors (Lipinski definition) is 4. The van der Waals surface area contributed by atoms with Crippen LogP contribution in [0.4, 0.5) is 0 Å². The summed E-state index contributed by atoms with van der Waals surface area (Å²) in [5.74, 6) is 1.08. The molecule has 0 saturated heterocycles. The van der Waals surface area contributed by atoms with Crippen LogP contribution < -0.4 is 4.74 Å². The van der Waals surface area contributed by atoms with Crippen molar-refractivity contribution in [2.24, 2.45) is 0 Å². The fraction of sp³-hybridized carbons (Fsp3) is 0.235. The minimum Gasteiger partial charge on any atom is -0.508 e. The normalized spacial score (nSPS) is 12.8. The summed E-state index contributed by atoms with van der Waals surface area (Å²) in [5.41, 5.74) is 2.56. The fourth-order valence-electron chi connectivity index (χ4n) is 2.13. The van der Waals surface area contributed by atoms with Crippen molar-refractivity contribution in [3.05, 3.63) is 53.1 Å². The van der Waals surface area contributed by atoms with E-state index < -0.39 is 0 Å². The molecule has 0 bridgehead atoms. The number of Topliss-reactive ketones (excluding diaryl/α,β-unsaturated/α-hetero) is 1. The monoisotopic (exact) mass is 286 g/mol. The lowest BCUT2D eigenvalue weighted by Crippen LogP contribution is -2.16. The Labute approximate surface area is 123 Å². The molecule has 3 rings (SSSR count). The molecular weight excluding hydrogens is 268 g/mol. The molecular formula is C17H18O4. The number of ether oxygens (including phenoxy) is 1. The minimum atomic E-state index is 0.0961. The Kier molecular flexibility index (Phi) is 4.48. The number of carbonyl (C=O) groups excluding carboxylic acids is 1. The summed E-state index contributed by atoms with van der Waals surface area (Å²) in [7, 11) is 0. The van der Waals surface area contributed by atoms with Crippen LogP contribution in [-0.4, -0.2) is 22.6 Å². The Bertz CT molecular complexity index is 624. The number of hydrogen-bond donors (Lipinski definition) is 2. The molecule has 1 heterocycles. The number of fused-ring (bicyclic) bond motifs is 1. The van der Waals surface area contributed by atoms with Crippen molar-refractivity contribution in [3.8, 4) is 17.2 Å². The van der Waals surface area contributed by atoms with E-state index in [2.05, 4.69) is 0 Å². The maximum atomic E-state index is 11.5. The van der Waals surface area contributed by atoms with E-state index in [9.17, 15) is 9.90 Å². The third kappa shape index (κ3) is 3.75. The number of rotatable bonds is 0. The number of carbonyl (C=O) groups is 1. The molecule has 0 fully saturated rings. The highest BCUT2D eigenvalue weighted by molar-refractivity contribution is 6.01. The number of phenolic OH excluding ortho intramolecular Hbond substituents is 2. The molecule has 1 aliphatic rings. The average Bonchev–Trinajstić information content (AvgIpc) is 2.42. The predicted molar refractivity (Wildman–Crippen MR) is 80.1 cm³/mol. The van der Waals surface area contributed by atoms with Gasteiger partial charge in [-0.25, -0.2) is 0 Å². The van der Waals surface area contributed by atoms with E-state index in [1.54, 1.807) is 25.1 Å². The Morgan fingerprint density at radius 2 is 1.67 bits per heavy atom. The van der Waals surface area contributed by atoms with Gasteiger partial charge in [0.1, 0.15) is 17.2 Å². The van der Waals surface area contributed by atoms with E-state index >= 15 is 0 Å². The lowest BCUT2D eigenvalue weighted by Gasteiger charge is -2.18. The Morgan fingerprint density at radius 3 is 2.29 bits per heavy atom. The van der Waals surface area contributed by atoms with E-state index in [1.807, 2.05) is 19.1 Å². The molecule has 0 aliphatic carbocycles. The lowest BCUT2D eigenvalue weighted by molar-refractivity contribution is 0.0932. The highest BCUT2D eigenvalue weighted by Crippen LogP contribution is 2.31. The molecule has 0 amide bonds. The van der Waals surface area contributed by atoms with Gasteiger partial charge in [0.2, 0.25) is 0 Å². The second kappa shape index (κ2) is 6.31. The highest BCUT2D eigenvalue weighted by atomic mass is 16.5. The van der Waals surface area contributed by atoms with Gasteiger partial charge in [0, 0.05) is 12.5 Å². The molecule has 0 saturated carbocycles. The first-order valence-electron chi connectivity index (χ1n) is 6.72. The van der Waals surface area contributed by atoms with E-state index in [0.29, 0.717) is 30.1 Å². The Hall–Kier alpha value is -2.49. The van der Waals surface area contributed by atoms with Gasteiger partial charge in [0.15, 0.2) is 5.78 Å². The molecule has 110 valence electrons. The van der Waals surface area contributed by atoms with Gasteiger partial charge >= 0.3 is 0 Å².